The molecule has 2 aliphatic rings. The average molecular weight is 350 g/mol. The first-order valence-electron chi connectivity index (χ1n) is 8.59. The molecule has 0 aliphatic carbocycles. The third-order valence-electron chi connectivity index (χ3n) is 4.67. The highest BCUT2D eigenvalue weighted by Gasteiger charge is 2.29. The Hall–Kier alpha value is -3.15. The zero-order valence-corrected chi connectivity index (χ0v) is 14.2. The molecule has 2 heterocycles. The van der Waals surface area contributed by atoms with Crippen LogP contribution in [0.2, 0.25) is 0 Å². The third-order valence-corrected chi connectivity index (χ3v) is 4.67. The van der Waals surface area contributed by atoms with E-state index >= 15 is 0 Å². The van der Waals surface area contributed by atoms with Crippen molar-refractivity contribution in [1.29, 1.82) is 0 Å². The normalized spacial score (nSPS) is 16.5. The minimum absolute atomic E-state index is 0.0966. The van der Waals surface area contributed by atoms with Gasteiger partial charge in [-0.1, -0.05) is 24.3 Å². The number of hydrogen-bond acceptors (Lipinski definition) is 4. The number of carbonyl (C=O) groups is 3. The molecule has 0 bridgehead atoms. The molecule has 6 heteroatoms. The van der Waals surface area contributed by atoms with E-state index in [1.54, 1.807) is 29.2 Å². The Bertz CT molecular complexity index is 860. The molecule has 0 radical (unpaired) electrons. The summed E-state index contributed by atoms with van der Waals surface area (Å²) < 4.78 is 5.59. The Kier molecular flexibility index (Phi) is 4.16. The number of anilines is 1. The number of benzene rings is 2. The van der Waals surface area contributed by atoms with E-state index in [2.05, 4.69) is 0 Å². The van der Waals surface area contributed by atoms with Crippen LogP contribution in [0.25, 0.3) is 0 Å². The molecule has 0 spiro atoms. The number of ether oxygens (including phenoxy) is 1. The summed E-state index contributed by atoms with van der Waals surface area (Å²) >= 11 is 0. The first kappa shape index (κ1) is 16.3. The number of imide groups is 1. The van der Waals surface area contributed by atoms with Crippen LogP contribution in [0.15, 0.2) is 48.5 Å². The van der Waals surface area contributed by atoms with Crippen molar-refractivity contribution in [1.82, 2.24) is 4.90 Å². The smallest absolute Gasteiger partial charge is 0.258 e. The second-order valence-electron chi connectivity index (χ2n) is 6.34. The van der Waals surface area contributed by atoms with E-state index in [1.165, 1.54) is 4.90 Å². The van der Waals surface area contributed by atoms with E-state index < -0.39 is 0 Å². The highest BCUT2D eigenvalue weighted by molar-refractivity contribution is 6.07. The van der Waals surface area contributed by atoms with Gasteiger partial charge in [0.05, 0.1) is 18.8 Å². The standard InChI is InChI=1S/C20H18N2O4/c23-18-9-10-19(24)22(18)13-14-5-7-15(8-6-14)20(25)21-11-12-26-17-4-2-1-3-16(17)21/h1-8H,9-13H2. The monoisotopic (exact) mass is 350 g/mol. The molecule has 3 amide bonds. The Morgan fingerprint density at radius 2 is 1.65 bits per heavy atom. The van der Waals surface area contributed by atoms with Crippen LogP contribution in [0.5, 0.6) is 5.75 Å². The van der Waals surface area contributed by atoms with Gasteiger partial charge < -0.3 is 9.64 Å². The Balaban J connectivity index is 1.51. The number of fused-ring (bicyclic) bond motifs is 1. The lowest BCUT2D eigenvalue weighted by Gasteiger charge is -2.29. The summed E-state index contributed by atoms with van der Waals surface area (Å²) in [7, 11) is 0. The minimum atomic E-state index is -0.139. The van der Waals surface area contributed by atoms with Crippen LogP contribution in [0, 0.1) is 0 Å². The highest BCUT2D eigenvalue weighted by Crippen LogP contribution is 2.32. The summed E-state index contributed by atoms with van der Waals surface area (Å²) in [6, 6.07) is 14.5. The van der Waals surface area contributed by atoms with Crippen LogP contribution in [0.4, 0.5) is 5.69 Å². The van der Waals surface area contributed by atoms with Crippen LogP contribution >= 0.6 is 0 Å². The van der Waals surface area contributed by atoms with Gasteiger partial charge in [-0.25, -0.2) is 0 Å². The molecule has 0 atom stereocenters. The second-order valence-corrected chi connectivity index (χ2v) is 6.34. The van der Waals surface area contributed by atoms with Gasteiger partial charge in [-0.15, -0.1) is 0 Å². The molecule has 1 fully saturated rings. The fourth-order valence-electron chi connectivity index (χ4n) is 3.27. The van der Waals surface area contributed by atoms with E-state index in [1.807, 2.05) is 24.3 Å². The lowest BCUT2D eigenvalue weighted by Crippen LogP contribution is -2.37. The van der Waals surface area contributed by atoms with E-state index in [-0.39, 0.29) is 37.1 Å². The van der Waals surface area contributed by atoms with Crippen molar-refractivity contribution in [2.45, 2.75) is 19.4 Å². The zero-order chi connectivity index (χ0) is 18.1. The van der Waals surface area contributed by atoms with Gasteiger partial charge in [0.15, 0.2) is 0 Å². The molecule has 0 saturated carbocycles. The van der Waals surface area contributed by atoms with Crippen LogP contribution in [0.3, 0.4) is 0 Å². The summed E-state index contributed by atoms with van der Waals surface area (Å²) in [5.41, 5.74) is 2.15. The first-order valence-corrected chi connectivity index (χ1v) is 8.59. The topological polar surface area (TPSA) is 66.9 Å². The van der Waals surface area contributed by atoms with Gasteiger partial charge in [-0.3, -0.25) is 19.3 Å². The molecular formula is C20H18N2O4. The fraction of sp³-hybridized carbons (Fsp3) is 0.250. The van der Waals surface area contributed by atoms with Crippen LogP contribution in [-0.2, 0) is 16.1 Å². The number of para-hydroxylation sites is 2. The van der Waals surface area contributed by atoms with Crippen molar-refractivity contribution < 1.29 is 19.1 Å². The number of carbonyl (C=O) groups excluding carboxylic acids is 3. The number of nitrogens with zero attached hydrogens (tertiary/aromatic N) is 2. The van der Waals surface area contributed by atoms with E-state index in [0.29, 0.717) is 24.5 Å². The molecule has 1 saturated heterocycles. The molecule has 6 nitrogen and oxygen atoms in total. The van der Waals surface area contributed by atoms with Gasteiger partial charge in [0.2, 0.25) is 11.8 Å². The average Bonchev–Trinajstić information content (AvgIpc) is 2.99. The zero-order valence-electron chi connectivity index (χ0n) is 14.2. The summed E-state index contributed by atoms with van der Waals surface area (Å²) in [5.74, 6) is 0.329. The lowest BCUT2D eigenvalue weighted by atomic mass is 10.1. The van der Waals surface area contributed by atoms with Crippen molar-refractivity contribution in [3.8, 4) is 5.75 Å². The second kappa shape index (κ2) is 6.63. The molecule has 0 N–H and O–H groups in total. The van der Waals surface area contributed by atoms with Crippen molar-refractivity contribution >= 4 is 23.4 Å². The summed E-state index contributed by atoms with van der Waals surface area (Å²) in [6.07, 6.45) is 0.567. The maximum absolute atomic E-state index is 12.9. The molecular weight excluding hydrogens is 332 g/mol. The first-order chi connectivity index (χ1) is 12.6. The lowest BCUT2D eigenvalue weighted by molar-refractivity contribution is -0.139. The Morgan fingerprint density at radius 3 is 2.38 bits per heavy atom. The van der Waals surface area contributed by atoms with Gasteiger partial charge >= 0.3 is 0 Å². The summed E-state index contributed by atoms with van der Waals surface area (Å²) in [4.78, 5) is 39.3. The van der Waals surface area contributed by atoms with Gasteiger partial charge in [0, 0.05) is 18.4 Å². The van der Waals surface area contributed by atoms with Gasteiger partial charge in [0.1, 0.15) is 12.4 Å². The van der Waals surface area contributed by atoms with Crippen LogP contribution < -0.4 is 9.64 Å². The van der Waals surface area contributed by atoms with Gasteiger partial charge in [-0.2, -0.15) is 0 Å². The maximum Gasteiger partial charge on any atom is 0.258 e. The fourth-order valence-corrected chi connectivity index (χ4v) is 3.27. The minimum Gasteiger partial charge on any atom is -0.490 e. The SMILES string of the molecule is O=C1CCC(=O)N1Cc1ccc(C(=O)N2CCOc3ccccc32)cc1. The van der Waals surface area contributed by atoms with Crippen molar-refractivity contribution in [2.24, 2.45) is 0 Å². The van der Waals surface area contributed by atoms with E-state index in [0.717, 1.165) is 11.3 Å². The molecule has 4 rings (SSSR count). The predicted octanol–water partition coefficient (Wildman–Crippen LogP) is 2.37. The van der Waals surface area contributed by atoms with E-state index in [9.17, 15) is 14.4 Å². The summed E-state index contributed by atoms with van der Waals surface area (Å²) in [6.45, 7) is 1.21. The maximum atomic E-state index is 12.9. The highest BCUT2D eigenvalue weighted by atomic mass is 16.5. The Labute approximate surface area is 151 Å². The molecule has 26 heavy (non-hydrogen) atoms. The van der Waals surface area contributed by atoms with Crippen LogP contribution in [0.1, 0.15) is 28.8 Å². The van der Waals surface area contributed by atoms with E-state index in [4.69, 9.17) is 4.74 Å². The molecule has 0 unspecified atom stereocenters. The van der Waals surface area contributed by atoms with Crippen LogP contribution in [-0.4, -0.2) is 35.8 Å². The Morgan fingerprint density at radius 1 is 0.962 bits per heavy atom. The molecule has 132 valence electrons. The summed E-state index contributed by atoms with van der Waals surface area (Å²) in [5, 5.41) is 0. The number of amides is 3. The molecule has 2 aliphatic heterocycles. The van der Waals surface area contributed by atoms with Crippen molar-refractivity contribution in [2.75, 3.05) is 18.1 Å². The van der Waals surface area contributed by atoms with Gasteiger partial charge in [0.25, 0.3) is 5.91 Å². The largest absolute Gasteiger partial charge is 0.490 e. The predicted molar refractivity (Wildman–Crippen MR) is 94.8 cm³/mol. The molecule has 2 aromatic rings. The number of hydrogen-bond donors (Lipinski definition) is 0. The van der Waals surface area contributed by atoms with Gasteiger partial charge in [-0.05, 0) is 29.8 Å². The quantitative estimate of drug-likeness (QED) is 0.797. The molecule has 0 aromatic heterocycles. The molecule has 2 aromatic carbocycles. The number of rotatable bonds is 3. The number of likely N-dealkylation sites (tertiary alicyclic amines) is 1. The van der Waals surface area contributed by atoms with Crippen molar-refractivity contribution in [3.05, 3.63) is 59.7 Å². The third kappa shape index (κ3) is 2.94. The van der Waals surface area contributed by atoms with Crippen molar-refractivity contribution in [3.63, 3.8) is 0 Å².